The number of fused-ring (bicyclic) bond motifs is 1. The first-order valence-electron chi connectivity index (χ1n) is 7.57. The largest absolute Gasteiger partial charge is 0.477 e. The summed E-state index contributed by atoms with van der Waals surface area (Å²) in [5.41, 5.74) is 1.76. The molecule has 2 aromatic heterocycles. The van der Waals surface area contributed by atoms with Crippen molar-refractivity contribution in [3.8, 4) is 10.6 Å². The molecule has 3 heterocycles. The number of aromatic nitrogens is 1. The molecule has 1 fully saturated rings. The van der Waals surface area contributed by atoms with E-state index in [9.17, 15) is 9.59 Å². The Labute approximate surface area is 141 Å². The normalized spacial score (nSPS) is 14.0. The van der Waals surface area contributed by atoms with E-state index >= 15 is 0 Å². The first-order chi connectivity index (χ1) is 11.5. The molecular weight excluding hydrogens is 328 g/mol. The Morgan fingerprint density at radius 1 is 1.33 bits per heavy atom. The van der Waals surface area contributed by atoms with Gasteiger partial charge in [0.2, 0.25) is 0 Å². The van der Waals surface area contributed by atoms with Gasteiger partial charge in [0.1, 0.15) is 15.5 Å². The van der Waals surface area contributed by atoms with Gasteiger partial charge in [-0.2, -0.15) is 0 Å². The predicted molar refractivity (Wildman–Crippen MR) is 92.1 cm³/mol. The molecule has 0 atom stereocenters. The number of thiazole rings is 1. The summed E-state index contributed by atoms with van der Waals surface area (Å²) >= 11 is 0.985. The standard InChI is InChI=1S/C17H14N2O4S/c1-9-14(16(20)21)24-15(18-9)12-7-10-3-4-11(19-5-2-6-19)8-13(10)23-17(12)22/h3-4,7-8H,2,5-6H2,1H3,(H,20,21). The van der Waals surface area contributed by atoms with Crippen LogP contribution >= 0.6 is 11.3 Å². The first-order valence-corrected chi connectivity index (χ1v) is 8.38. The van der Waals surface area contributed by atoms with Crippen LogP contribution in [0.2, 0.25) is 0 Å². The molecule has 4 rings (SSSR count). The Morgan fingerprint density at radius 2 is 2.12 bits per heavy atom. The van der Waals surface area contributed by atoms with Gasteiger partial charge in [-0.15, -0.1) is 11.3 Å². The van der Waals surface area contributed by atoms with Gasteiger partial charge in [0, 0.05) is 30.2 Å². The number of aryl methyl sites for hydroxylation is 1. The number of carbonyl (C=O) groups is 1. The van der Waals surface area contributed by atoms with Gasteiger partial charge in [0.25, 0.3) is 0 Å². The lowest BCUT2D eigenvalue weighted by atomic mass is 10.1. The van der Waals surface area contributed by atoms with Gasteiger partial charge in [-0.25, -0.2) is 14.6 Å². The molecule has 1 aliphatic rings. The van der Waals surface area contributed by atoms with Crippen molar-refractivity contribution in [1.82, 2.24) is 4.98 Å². The summed E-state index contributed by atoms with van der Waals surface area (Å²) in [4.78, 5) is 30.1. The monoisotopic (exact) mass is 342 g/mol. The molecule has 3 aromatic rings. The van der Waals surface area contributed by atoms with Crippen molar-refractivity contribution in [2.45, 2.75) is 13.3 Å². The molecular formula is C17H14N2O4S. The van der Waals surface area contributed by atoms with Gasteiger partial charge in [-0.3, -0.25) is 0 Å². The second kappa shape index (κ2) is 5.45. The summed E-state index contributed by atoms with van der Waals surface area (Å²) in [5, 5.41) is 10.3. The van der Waals surface area contributed by atoms with Crippen molar-refractivity contribution in [3.05, 3.63) is 45.3 Å². The number of hydrogen-bond donors (Lipinski definition) is 1. The molecule has 0 amide bonds. The van der Waals surface area contributed by atoms with Crippen LogP contribution in [0.15, 0.2) is 33.5 Å². The highest BCUT2D eigenvalue weighted by atomic mass is 32.1. The highest BCUT2D eigenvalue weighted by Crippen LogP contribution is 2.30. The zero-order chi connectivity index (χ0) is 16.8. The molecule has 0 spiro atoms. The molecule has 1 aromatic carbocycles. The lowest BCUT2D eigenvalue weighted by Crippen LogP contribution is -2.36. The van der Waals surface area contributed by atoms with Gasteiger partial charge in [-0.05, 0) is 31.5 Å². The molecule has 122 valence electrons. The van der Waals surface area contributed by atoms with Crippen molar-refractivity contribution < 1.29 is 14.3 Å². The Kier molecular flexibility index (Phi) is 3.38. The summed E-state index contributed by atoms with van der Waals surface area (Å²) in [7, 11) is 0. The number of aromatic carboxylic acids is 1. The lowest BCUT2D eigenvalue weighted by molar-refractivity contribution is 0.0701. The fraction of sp³-hybridized carbons (Fsp3) is 0.235. The fourth-order valence-electron chi connectivity index (χ4n) is 2.73. The van der Waals surface area contributed by atoms with Crippen LogP contribution in [0.25, 0.3) is 21.5 Å². The minimum absolute atomic E-state index is 0.137. The van der Waals surface area contributed by atoms with Crippen molar-refractivity contribution in [2.24, 2.45) is 0 Å². The molecule has 1 N–H and O–H groups in total. The Morgan fingerprint density at radius 3 is 2.75 bits per heavy atom. The zero-order valence-electron chi connectivity index (χ0n) is 12.9. The maximum absolute atomic E-state index is 12.3. The minimum Gasteiger partial charge on any atom is -0.477 e. The Bertz CT molecular complexity index is 1020. The number of carboxylic acid groups (broad SMARTS) is 1. The minimum atomic E-state index is -1.04. The van der Waals surface area contributed by atoms with Crippen molar-refractivity contribution >= 4 is 34.0 Å². The molecule has 6 nitrogen and oxygen atoms in total. The van der Waals surface area contributed by atoms with Gasteiger partial charge < -0.3 is 14.4 Å². The van der Waals surface area contributed by atoms with E-state index in [0.29, 0.717) is 21.8 Å². The fourth-order valence-corrected chi connectivity index (χ4v) is 3.64. The molecule has 0 saturated carbocycles. The van der Waals surface area contributed by atoms with E-state index in [2.05, 4.69) is 9.88 Å². The van der Waals surface area contributed by atoms with E-state index < -0.39 is 11.6 Å². The molecule has 0 unspecified atom stereocenters. The van der Waals surface area contributed by atoms with Crippen LogP contribution in [0.5, 0.6) is 0 Å². The van der Waals surface area contributed by atoms with Crippen LogP contribution in [0.3, 0.4) is 0 Å². The quantitative estimate of drug-likeness (QED) is 0.736. The molecule has 24 heavy (non-hydrogen) atoms. The van der Waals surface area contributed by atoms with Crippen LogP contribution in [0.4, 0.5) is 5.69 Å². The average molecular weight is 342 g/mol. The average Bonchev–Trinajstić information content (AvgIpc) is 2.86. The predicted octanol–water partition coefficient (Wildman–Crippen LogP) is 3.13. The highest BCUT2D eigenvalue weighted by molar-refractivity contribution is 7.17. The van der Waals surface area contributed by atoms with Crippen molar-refractivity contribution in [1.29, 1.82) is 0 Å². The van der Waals surface area contributed by atoms with Gasteiger partial charge in [0.05, 0.1) is 11.3 Å². The van der Waals surface area contributed by atoms with Gasteiger partial charge >= 0.3 is 11.6 Å². The van der Waals surface area contributed by atoms with Gasteiger partial charge in [0.15, 0.2) is 0 Å². The Balaban J connectivity index is 1.82. The van der Waals surface area contributed by atoms with Crippen molar-refractivity contribution in [3.63, 3.8) is 0 Å². The van der Waals surface area contributed by atoms with E-state index in [4.69, 9.17) is 9.52 Å². The number of carboxylic acids is 1. The summed E-state index contributed by atoms with van der Waals surface area (Å²) in [6.45, 7) is 3.65. The smallest absolute Gasteiger partial charge is 0.347 e. The summed E-state index contributed by atoms with van der Waals surface area (Å²) < 4.78 is 5.45. The van der Waals surface area contributed by atoms with Crippen LogP contribution in [-0.2, 0) is 0 Å². The maximum atomic E-state index is 12.3. The van der Waals surface area contributed by atoms with Gasteiger partial charge in [-0.1, -0.05) is 0 Å². The maximum Gasteiger partial charge on any atom is 0.347 e. The second-order valence-corrected chi connectivity index (χ2v) is 6.75. The topological polar surface area (TPSA) is 83.6 Å². The van der Waals surface area contributed by atoms with Crippen molar-refractivity contribution in [2.75, 3.05) is 18.0 Å². The van der Waals surface area contributed by atoms with E-state index in [0.717, 1.165) is 35.5 Å². The number of rotatable bonds is 3. The number of hydrogen-bond acceptors (Lipinski definition) is 6. The van der Waals surface area contributed by atoms with Crippen LogP contribution in [0.1, 0.15) is 21.8 Å². The molecule has 1 aliphatic heterocycles. The van der Waals surface area contributed by atoms with E-state index in [1.54, 1.807) is 13.0 Å². The van der Waals surface area contributed by atoms with E-state index in [1.807, 2.05) is 18.2 Å². The van der Waals surface area contributed by atoms with E-state index in [-0.39, 0.29) is 4.88 Å². The molecule has 1 saturated heterocycles. The lowest BCUT2D eigenvalue weighted by Gasteiger charge is -2.33. The highest BCUT2D eigenvalue weighted by Gasteiger charge is 2.19. The molecule has 0 radical (unpaired) electrons. The molecule has 0 bridgehead atoms. The molecule has 7 heteroatoms. The number of benzene rings is 1. The summed E-state index contributed by atoms with van der Waals surface area (Å²) in [5.74, 6) is -1.04. The van der Waals surface area contributed by atoms with Crippen LogP contribution < -0.4 is 10.5 Å². The first kappa shape index (κ1) is 14.9. The van der Waals surface area contributed by atoms with Crippen LogP contribution in [0, 0.1) is 6.92 Å². The number of nitrogens with zero attached hydrogens (tertiary/aromatic N) is 2. The van der Waals surface area contributed by atoms with Crippen LogP contribution in [-0.4, -0.2) is 29.1 Å². The zero-order valence-corrected chi connectivity index (χ0v) is 13.7. The number of anilines is 1. The third-order valence-corrected chi connectivity index (χ3v) is 5.34. The summed E-state index contributed by atoms with van der Waals surface area (Å²) in [6.07, 6.45) is 1.18. The Hall–Kier alpha value is -2.67. The summed E-state index contributed by atoms with van der Waals surface area (Å²) in [6, 6.07) is 7.50. The SMILES string of the molecule is Cc1nc(-c2cc3ccc(N4CCC4)cc3oc2=O)sc1C(=O)O. The third kappa shape index (κ3) is 2.37. The molecule has 0 aliphatic carbocycles. The second-order valence-electron chi connectivity index (χ2n) is 5.75. The third-order valence-electron chi connectivity index (χ3n) is 4.16. The van der Waals surface area contributed by atoms with E-state index in [1.165, 1.54) is 6.42 Å².